The average molecular weight is 308 g/mol. The first-order chi connectivity index (χ1) is 9.25. The number of rotatable bonds is 3. The van der Waals surface area contributed by atoms with Crippen LogP contribution in [-0.2, 0) is 0 Å². The standard InChI is InChI=1S/C12H13ClF3N3O/c1-8(2)17-18-11(12(14,15)16)19(13)9-5-4-6-10(7-9)20-3/h4-7H,1-3H3/b18-11-. The van der Waals surface area contributed by atoms with Gasteiger partial charge in [0.2, 0.25) is 0 Å². The van der Waals surface area contributed by atoms with Crippen molar-refractivity contribution in [3.8, 4) is 5.75 Å². The van der Waals surface area contributed by atoms with E-state index in [2.05, 4.69) is 10.2 Å². The van der Waals surface area contributed by atoms with Crippen LogP contribution in [0.2, 0.25) is 0 Å². The zero-order valence-electron chi connectivity index (χ0n) is 11.1. The van der Waals surface area contributed by atoms with E-state index in [9.17, 15) is 13.2 Å². The highest BCUT2D eigenvalue weighted by molar-refractivity contribution is 6.38. The Morgan fingerprint density at radius 1 is 1.25 bits per heavy atom. The first kappa shape index (κ1) is 16.3. The molecule has 110 valence electrons. The summed E-state index contributed by atoms with van der Waals surface area (Å²) in [7, 11) is 1.40. The Balaban J connectivity index is 3.20. The Kier molecular flexibility index (Phi) is 5.38. The van der Waals surface area contributed by atoms with Gasteiger partial charge < -0.3 is 4.74 Å². The van der Waals surface area contributed by atoms with E-state index < -0.39 is 12.0 Å². The van der Waals surface area contributed by atoms with Crippen molar-refractivity contribution in [2.45, 2.75) is 20.0 Å². The molecule has 0 bridgehead atoms. The molecule has 8 heteroatoms. The van der Waals surface area contributed by atoms with Crippen LogP contribution in [0.1, 0.15) is 13.8 Å². The molecule has 1 aromatic rings. The second-order valence-electron chi connectivity index (χ2n) is 3.95. The van der Waals surface area contributed by atoms with Gasteiger partial charge in [-0.3, -0.25) is 0 Å². The van der Waals surface area contributed by atoms with Gasteiger partial charge in [0, 0.05) is 23.6 Å². The maximum atomic E-state index is 12.9. The first-order valence-electron chi connectivity index (χ1n) is 5.51. The Labute approximate surface area is 119 Å². The summed E-state index contributed by atoms with van der Waals surface area (Å²) in [6.45, 7) is 3.06. The van der Waals surface area contributed by atoms with E-state index in [0.29, 0.717) is 15.9 Å². The monoisotopic (exact) mass is 307 g/mol. The lowest BCUT2D eigenvalue weighted by Crippen LogP contribution is -2.35. The summed E-state index contributed by atoms with van der Waals surface area (Å²) in [5.41, 5.74) is 0.452. The van der Waals surface area contributed by atoms with Gasteiger partial charge in [0.1, 0.15) is 5.75 Å². The number of methoxy groups -OCH3 is 1. The number of anilines is 1. The molecule has 4 nitrogen and oxygen atoms in total. The molecule has 0 aromatic heterocycles. The van der Waals surface area contributed by atoms with Gasteiger partial charge in [-0.05, 0) is 26.0 Å². The van der Waals surface area contributed by atoms with Crippen molar-refractivity contribution in [3.63, 3.8) is 0 Å². The molecule has 0 amide bonds. The lowest BCUT2D eigenvalue weighted by Gasteiger charge is -2.19. The predicted octanol–water partition coefficient (Wildman–Crippen LogP) is 4.01. The molecule has 1 aromatic carbocycles. The van der Waals surface area contributed by atoms with Crippen LogP contribution in [0.15, 0.2) is 34.5 Å². The molecule has 0 aliphatic rings. The minimum Gasteiger partial charge on any atom is -0.497 e. The van der Waals surface area contributed by atoms with Crippen molar-refractivity contribution >= 4 is 29.0 Å². The van der Waals surface area contributed by atoms with Crippen molar-refractivity contribution in [3.05, 3.63) is 24.3 Å². The van der Waals surface area contributed by atoms with Gasteiger partial charge in [-0.25, -0.2) is 4.42 Å². The maximum Gasteiger partial charge on any atom is 0.452 e. The fourth-order valence-electron chi connectivity index (χ4n) is 1.21. The van der Waals surface area contributed by atoms with Gasteiger partial charge in [0.05, 0.1) is 12.8 Å². The van der Waals surface area contributed by atoms with Crippen molar-refractivity contribution in [2.24, 2.45) is 10.2 Å². The zero-order chi connectivity index (χ0) is 15.3. The van der Waals surface area contributed by atoms with E-state index >= 15 is 0 Å². The van der Waals surface area contributed by atoms with Crippen molar-refractivity contribution in [2.75, 3.05) is 11.5 Å². The van der Waals surface area contributed by atoms with Crippen molar-refractivity contribution in [1.29, 1.82) is 0 Å². The number of alkyl halides is 3. The summed E-state index contributed by atoms with van der Waals surface area (Å²) in [5.74, 6) is -0.946. The minimum absolute atomic E-state index is 0.0750. The Morgan fingerprint density at radius 2 is 1.90 bits per heavy atom. The SMILES string of the molecule is COc1cccc(N(Cl)/C(=N\N=C(C)C)C(F)(F)F)c1. The smallest absolute Gasteiger partial charge is 0.452 e. The molecule has 0 atom stereocenters. The van der Waals surface area contributed by atoms with Gasteiger partial charge in [0.15, 0.2) is 0 Å². The van der Waals surface area contributed by atoms with Crippen LogP contribution in [0.25, 0.3) is 0 Å². The molecular weight excluding hydrogens is 295 g/mol. The third kappa shape index (κ3) is 4.41. The lowest BCUT2D eigenvalue weighted by molar-refractivity contribution is -0.0596. The highest BCUT2D eigenvalue weighted by Gasteiger charge is 2.41. The number of amidine groups is 1. The van der Waals surface area contributed by atoms with E-state index in [4.69, 9.17) is 16.5 Å². The molecule has 1 rings (SSSR count). The summed E-state index contributed by atoms with van der Waals surface area (Å²) >= 11 is 5.73. The van der Waals surface area contributed by atoms with E-state index in [1.54, 1.807) is 6.07 Å². The molecule has 0 aliphatic carbocycles. The van der Waals surface area contributed by atoms with Crippen LogP contribution in [0.4, 0.5) is 18.9 Å². The van der Waals surface area contributed by atoms with Crippen LogP contribution in [0.3, 0.4) is 0 Å². The molecule has 0 radical (unpaired) electrons. The lowest BCUT2D eigenvalue weighted by atomic mass is 10.3. The van der Waals surface area contributed by atoms with Gasteiger partial charge in [0.25, 0.3) is 5.84 Å². The van der Waals surface area contributed by atoms with Crippen LogP contribution in [-0.4, -0.2) is 24.8 Å². The zero-order valence-corrected chi connectivity index (χ0v) is 11.8. The Hall–Kier alpha value is -1.76. The van der Waals surface area contributed by atoms with Crippen molar-refractivity contribution < 1.29 is 17.9 Å². The molecule has 20 heavy (non-hydrogen) atoms. The van der Waals surface area contributed by atoms with Crippen molar-refractivity contribution in [1.82, 2.24) is 0 Å². The van der Waals surface area contributed by atoms with E-state index in [1.807, 2.05) is 0 Å². The topological polar surface area (TPSA) is 37.2 Å². The van der Waals surface area contributed by atoms with E-state index in [-0.39, 0.29) is 5.69 Å². The second-order valence-corrected chi connectivity index (χ2v) is 4.29. The average Bonchev–Trinajstić information content (AvgIpc) is 2.36. The molecule has 0 aliphatic heterocycles. The van der Waals surface area contributed by atoms with Crippen LogP contribution >= 0.6 is 11.8 Å². The summed E-state index contributed by atoms with van der Waals surface area (Å²) in [6, 6.07) is 5.87. The number of hydrogen-bond acceptors (Lipinski definition) is 3. The number of benzene rings is 1. The van der Waals surface area contributed by atoms with E-state index in [1.165, 1.54) is 39.2 Å². The molecule has 0 N–H and O–H groups in total. The molecule has 0 unspecified atom stereocenters. The number of nitrogens with zero attached hydrogens (tertiary/aromatic N) is 3. The van der Waals surface area contributed by atoms with Crippen LogP contribution in [0, 0.1) is 0 Å². The van der Waals surface area contributed by atoms with Gasteiger partial charge >= 0.3 is 6.18 Å². The van der Waals surface area contributed by atoms with E-state index in [0.717, 1.165) is 0 Å². The minimum atomic E-state index is -4.73. The van der Waals surface area contributed by atoms with Crippen LogP contribution < -0.4 is 9.16 Å². The van der Waals surface area contributed by atoms with Gasteiger partial charge in [-0.1, -0.05) is 6.07 Å². The Bertz CT molecular complexity index is 525. The third-order valence-corrected chi connectivity index (χ3v) is 2.42. The fourth-order valence-corrected chi connectivity index (χ4v) is 1.44. The number of hydrogen-bond donors (Lipinski definition) is 0. The quantitative estimate of drug-likeness (QED) is 0.366. The van der Waals surface area contributed by atoms with Gasteiger partial charge in [-0.2, -0.15) is 18.3 Å². The number of halogens is 4. The maximum absolute atomic E-state index is 12.9. The summed E-state index contributed by atoms with van der Waals surface area (Å²) in [4.78, 5) is 0. The molecule has 0 heterocycles. The fraction of sp³-hybridized carbons (Fsp3) is 0.333. The highest BCUT2D eigenvalue weighted by atomic mass is 35.5. The molecule has 0 fully saturated rings. The van der Waals surface area contributed by atoms with Gasteiger partial charge in [-0.15, -0.1) is 5.10 Å². The summed E-state index contributed by atoms with van der Waals surface area (Å²) in [5, 5.41) is 6.57. The molecule has 0 saturated carbocycles. The summed E-state index contributed by atoms with van der Waals surface area (Å²) in [6.07, 6.45) is -4.73. The Morgan fingerprint density at radius 3 is 2.40 bits per heavy atom. The highest BCUT2D eigenvalue weighted by Crippen LogP contribution is 2.29. The number of ether oxygens (including phenoxy) is 1. The van der Waals surface area contributed by atoms with Crippen LogP contribution in [0.5, 0.6) is 5.75 Å². The summed E-state index contributed by atoms with van der Waals surface area (Å²) < 4.78 is 44.1. The predicted molar refractivity (Wildman–Crippen MR) is 73.6 cm³/mol. The molecule has 0 saturated heterocycles. The third-order valence-electron chi connectivity index (χ3n) is 2.06. The molecular formula is C12H13ClF3N3O. The normalized spacial score (nSPS) is 12.1. The second kappa shape index (κ2) is 6.60. The first-order valence-corrected chi connectivity index (χ1v) is 5.85. The largest absolute Gasteiger partial charge is 0.497 e. The molecule has 0 spiro atoms.